The van der Waals surface area contributed by atoms with Gasteiger partial charge in [0.25, 0.3) is 0 Å². The van der Waals surface area contributed by atoms with Crippen molar-refractivity contribution in [1.82, 2.24) is 4.57 Å². The zero-order valence-electron chi connectivity index (χ0n) is 20.9. The molecule has 9 aromatic rings. The summed E-state index contributed by atoms with van der Waals surface area (Å²) in [5, 5.41) is 6.98. The second kappa shape index (κ2) is 7.62. The van der Waals surface area contributed by atoms with Crippen LogP contribution in [0, 0.1) is 0 Å². The standard InChI is InChI=1S/C36H21NO2/c1-4-10-31-25(7-1)28-21-36-30(27-9-3-6-12-34(27)39-36)20-32(28)37(31)24-16-13-22(14-17-24)23-15-18-35-29(19-23)26-8-2-5-11-33(26)38-35/h1-21H. The van der Waals surface area contributed by atoms with Gasteiger partial charge in [-0.3, -0.25) is 0 Å². The van der Waals surface area contributed by atoms with Crippen LogP contribution in [0.1, 0.15) is 0 Å². The lowest BCUT2D eigenvalue weighted by Gasteiger charge is -2.10. The zero-order valence-corrected chi connectivity index (χ0v) is 20.9. The normalized spacial score (nSPS) is 12.1. The molecule has 0 saturated carbocycles. The van der Waals surface area contributed by atoms with E-state index in [0.29, 0.717) is 0 Å². The highest BCUT2D eigenvalue weighted by Crippen LogP contribution is 2.39. The molecule has 0 spiro atoms. The average molecular weight is 500 g/mol. The van der Waals surface area contributed by atoms with Crippen molar-refractivity contribution in [1.29, 1.82) is 0 Å². The Morgan fingerprint density at radius 2 is 0.949 bits per heavy atom. The maximum absolute atomic E-state index is 6.22. The first-order valence-corrected chi connectivity index (χ1v) is 13.2. The van der Waals surface area contributed by atoms with E-state index >= 15 is 0 Å². The third-order valence-corrected chi connectivity index (χ3v) is 8.01. The topological polar surface area (TPSA) is 31.2 Å². The molecule has 0 aliphatic carbocycles. The third kappa shape index (κ3) is 2.93. The van der Waals surface area contributed by atoms with Gasteiger partial charge in [0.15, 0.2) is 0 Å². The number of fused-ring (bicyclic) bond motifs is 9. The predicted molar refractivity (Wildman–Crippen MR) is 161 cm³/mol. The molecule has 0 unspecified atom stereocenters. The Morgan fingerprint density at radius 3 is 1.72 bits per heavy atom. The van der Waals surface area contributed by atoms with E-state index in [-0.39, 0.29) is 0 Å². The predicted octanol–water partition coefficient (Wildman–Crippen LogP) is 10.2. The Labute approximate surface area is 223 Å². The minimum Gasteiger partial charge on any atom is -0.456 e. The van der Waals surface area contributed by atoms with E-state index < -0.39 is 0 Å². The molecule has 3 heterocycles. The molecule has 0 atom stereocenters. The number of para-hydroxylation sites is 3. The number of furan rings is 2. The molecule has 0 N–H and O–H groups in total. The van der Waals surface area contributed by atoms with Crippen molar-refractivity contribution in [3.63, 3.8) is 0 Å². The van der Waals surface area contributed by atoms with Gasteiger partial charge in [0, 0.05) is 38.0 Å². The Balaban J connectivity index is 1.24. The van der Waals surface area contributed by atoms with Crippen LogP contribution in [0.2, 0.25) is 0 Å². The van der Waals surface area contributed by atoms with E-state index in [9.17, 15) is 0 Å². The lowest BCUT2D eigenvalue weighted by molar-refractivity contribution is 0.669. The summed E-state index contributed by atoms with van der Waals surface area (Å²) in [6.07, 6.45) is 0. The molecule has 0 bridgehead atoms. The zero-order chi connectivity index (χ0) is 25.5. The quantitative estimate of drug-likeness (QED) is 0.237. The first-order chi connectivity index (χ1) is 19.3. The van der Waals surface area contributed by atoms with Crippen LogP contribution < -0.4 is 0 Å². The summed E-state index contributed by atoms with van der Waals surface area (Å²) < 4.78 is 14.6. The number of nitrogens with zero attached hydrogens (tertiary/aromatic N) is 1. The lowest BCUT2D eigenvalue weighted by Crippen LogP contribution is -1.93. The highest BCUT2D eigenvalue weighted by Gasteiger charge is 2.16. The molecule has 0 amide bonds. The fraction of sp³-hybridized carbons (Fsp3) is 0. The van der Waals surface area contributed by atoms with E-state index in [1.165, 1.54) is 32.9 Å². The molecule has 3 nitrogen and oxygen atoms in total. The van der Waals surface area contributed by atoms with Crippen molar-refractivity contribution in [2.75, 3.05) is 0 Å². The summed E-state index contributed by atoms with van der Waals surface area (Å²) in [5.74, 6) is 0. The smallest absolute Gasteiger partial charge is 0.136 e. The second-order valence-corrected chi connectivity index (χ2v) is 10.2. The molecule has 0 aliphatic heterocycles. The van der Waals surface area contributed by atoms with Crippen molar-refractivity contribution in [3.8, 4) is 16.8 Å². The van der Waals surface area contributed by atoms with Crippen LogP contribution in [0.3, 0.4) is 0 Å². The summed E-state index contributed by atoms with van der Waals surface area (Å²) in [6.45, 7) is 0. The van der Waals surface area contributed by atoms with E-state index in [0.717, 1.165) is 49.6 Å². The number of hydrogen-bond donors (Lipinski definition) is 0. The number of benzene rings is 6. The van der Waals surface area contributed by atoms with Gasteiger partial charge in [0.05, 0.1) is 11.0 Å². The van der Waals surface area contributed by atoms with Crippen LogP contribution in [-0.2, 0) is 0 Å². The van der Waals surface area contributed by atoms with E-state index in [4.69, 9.17) is 8.83 Å². The molecule has 0 radical (unpaired) electrons. The largest absolute Gasteiger partial charge is 0.456 e. The summed E-state index contributed by atoms with van der Waals surface area (Å²) in [6, 6.07) is 44.9. The molecule has 0 aliphatic rings. The first-order valence-electron chi connectivity index (χ1n) is 13.2. The van der Waals surface area contributed by atoms with Gasteiger partial charge in [-0.25, -0.2) is 0 Å². The molecule has 9 rings (SSSR count). The van der Waals surface area contributed by atoms with E-state index in [1.54, 1.807) is 0 Å². The van der Waals surface area contributed by atoms with Crippen LogP contribution in [-0.4, -0.2) is 4.57 Å². The summed E-state index contributed by atoms with van der Waals surface area (Å²) in [7, 11) is 0. The maximum atomic E-state index is 6.22. The molecule has 0 fully saturated rings. The van der Waals surface area contributed by atoms with Gasteiger partial charge < -0.3 is 13.4 Å². The average Bonchev–Trinajstić information content (AvgIpc) is 3.65. The Bertz CT molecular complexity index is 2380. The molecule has 3 heteroatoms. The highest BCUT2D eigenvalue weighted by molar-refractivity contribution is 6.17. The molecular formula is C36H21NO2. The Hall–Kier alpha value is -5.28. The molecule has 182 valence electrons. The fourth-order valence-electron chi connectivity index (χ4n) is 6.17. The van der Waals surface area contributed by atoms with Gasteiger partial charge in [-0.15, -0.1) is 0 Å². The number of rotatable bonds is 2. The van der Waals surface area contributed by atoms with Crippen LogP contribution >= 0.6 is 0 Å². The molecule has 0 saturated heterocycles. The van der Waals surface area contributed by atoms with Gasteiger partial charge in [-0.1, -0.05) is 72.8 Å². The van der Waals surface area contributed by atoms with Gasteiger partial charge in [0.1, 0.15) is 22.3 Å². The SMILES string of the molecule is c1ccc2c(c1)oc1ccc(-c3ccc(-n4c5ccccc5c5cc6oc7ccccc7c6cc54)cc3)cc12. The van der Waals surface area contributed by atoms with E-state index in [1.807, 2.05) is 24.3 Å². The maximum Gasteiger partial charge on any atom is 0.136 e. The summed E-state index contributed by atoms with van der Waals surface area (Å²) in [4.78, 5) is 0. The van der Waals surface area contributed by atoms with Gasteiger partial charge in [-0.05, 0) is 65.7 Å². The monoisotopic (exact) mass is 499 g/mol. The van der Waals surface area contributed by atoms with Crippen molar-refractivity contribution in [3.05, 3.63) is 127 Å². The van der Waals surface area contributed by atoms with Crippen LogP contribution in [0.4, 0.5) is 0 Å². The van der Waals surface area contributed by atoms with Gasteiger partial charge in [0.2, 0.25) is 0 Å². The third-order valence-electron chi connectivity index (χ3n) is 8.01. The summed E-state index contributed by atoms with van der Waals surface area (Å²) in [5.41, 5.74) is 9.52. The van der Waals surface area contributed by atoms with Crippen LogP contribution in [0.25, 0.3) is 82.5 Å². The molecule has 39 heavy (non-hydrogen) atoms. The molecule has 3 aromatic heterocycles. The van der Waals surface area contributed by atoms with Gasteiger partial charge >= 0.3 is 0 Å². The van der Waals surface area contributed by atoms with Gasteiger partial charge in [-0.2, -0.15) is 0 Å². The lowest BCUT2D eigenvalue weighted by atomic mass is 10.0. The first kappa shape index (κ1) is 20.7. The molecule has 6 aromatic carbocycles. The van der Waals surface area contributed by atoms with Crippen molar-refractivity contribution < 1.29 is 8.83 Å². The van der Waals surface area contributed by atoms with Crippen molar-refractivity contribution >= 4 is 65.7 Å². The highest BCUT2D eigenvalue weighted by atomic mass is 16.3. The van der Waals surface area contributed by atoms with Crippen molar-refractivity contribution in [2.24, 2.45) is 0 Å². The minimum absolute atomic E-state index is 0.917. The fourth-order valence-corrected chi connectivity index (χ4v) is 6.17. The van der Waals surface area contributed by atoms with Crippen LogP contribution in [0.15, 0.2) is 136 Å². The number of aromatic nitrogens is 1. The minimum atomic E-state index is 0.917. The Kier molecular flexibility index (Phi) is 4.05. The van der Waals surface area contributed by atoms with E-state index in [2.05, 4.69) is 108 Å². The molecular weight excluding hydrogens is 478 g/mol. The Morgan fingerprint density at radius 1 is 0.359 bits per heavy atom. The number of hydrogen-bond acceptors (Lipinski definition) is 2. The second-order valence-electron chi connectivity index (χ2n) is 10.2. The summed E-state index contributed by atoms with van der Waals surface area (Å²) >= 11 is 0. The van der Waals surface area contributed by atoms with Crippen molar-refractivity contribution in [2.45, 2.75) is 0 Å². The van der Waals surface area contributed by atoms with Crippen LogP contribution in [0.5, 0.6) is 0 Å².